The van der Waals surface area contributed by atoms with E-state index < -0.39 is 6.43 Å². The molecule has 0 bridgehead atoms. The first-order valence-electron chi connectivity index (χ1n) is 13.6. The molecule has 3 aromatic rings. The summed E-state index contributed by atoms with van der Waals surface area (Å²) >= 11 is 0. The third-order valence-electron chi connectivity index (χ3n) is 8.25. The predicted molar refractivity (Wildman–Crippen MR) is 140 cm³/mol. The maximum Gasteiger partial charge on any atom is 0.296 e. The van der Waals surface area contributed by atoms with Gasteiger partial charge in [-0.05, 0) is 50.2 Å². The first-order valence-corrected chi connectivity index (χ1v) is 13.6. The number of alkyl halides is 3. The average molecular weight is 530 g/mol. The molecular weight excluding hydrogens is 495 g/mol. The smallest absolute Gasteiger partial charge is 0.296 e. The third kappa shape index (κ3) is 5.05. The van der Waals surface area contributed by atoms with Crippen LogP contribution < -0.4 is 10.2 Å². The summed E-state index contributed by atoms with van der Waals surface area (Å²) in [5, 5.41) is 3.41. The normalized spacial score (nSPS) is 24.6. The van der Waals surface area contributed by atoms with Crippen molar-refractivity contribution in [1.82, 2.24) is 24.4 Å². The number of anilines is 2. The number of fused-ring (bicyclic) bond motifs is 1. The van der Waals surface area contributed by atoms with Crippen LogP contribution >= 0.6 is 0 Å². The topological polar surface area (TPSA) is 71.3 Å². The highest BCUT2D eigenvalue weighted by Crippen LogP contribution is 2.33. The highest BCUT2D eigenvalue weighted by atomic mass is 19.3. The molecule has 0 radical (unpaired) electrons. The lowest BCUT2D eigenvalue weighted by Gasteiger charge is -2.47. The molecule has 0 amide bonds. The number of hydrogen-bond acceptors (Lipinski definition) is 7. The molecule has 1 N–H and O–H groups in total. The van der Waals surface area contributed by atoms with Gasteiger partial charge in [0.2, 0.25) is 5.95 Å². The van der Waals surface area contributed by atoms with Crippen molar-refractivity contribution in [2.75, 3.05) is 56.3 Å². The van der Waals surface area contributed by atoms with E-state index in [0.717, 1.165) is 38.6 Å². The number of para-hydroxylation sites is 2. The molecule has 3 aliphatic rings. The van der Waals surface area contributed by atoms with Gasteiger partial charge in [0.25, 0.3) is 6.43 Å². The fourth-order valence-electron chi connectivity index (χ4n) is 6.03. The van der Waals surface area contributed by atoms with Gasteiger partial charge in [-0.2, -0.15) is 9.97 Å². The van der Waals surface area contributed by atoms with E-state index >= 15 is 0 Å². The highest BCUT2D eigenvalue weighted by molar-refractivity contribution is 5.78. The highest BCUT2D eigenvalue weighted by Gasteiger charge is 2.35. The molecule has 38 heavy (non-hydrogen) atoms. The summed E-state index contributed by atoms with van der Waals surface area (Å²) in [5.41, 5.74) is 1.08. The van der Waals surface area contributed by atoms with Crippen LogP contribution in [0.3, 0.4) is 0 Å². The number of likely N-dealkylation sites (tertiary alicyclic amines) is 1. The molecule has 2 aliphatic heterocycles. The summed E-state index contributed by atoms with van der Waals surface area (Å²) in [6.07, 6.45) is 2.48. The van der Waals surface area contributed by atoms with E-state index in [4.69, 9.17) is 14.7 Å². The summed E-state index contributed by atoms with van der Waals surface area (Å²) in [5.74, 6) is 1.59. The van der Waals surface area contributed by atoms with Crippen LogP contribution in [0.15, 0.2) is 30.3 Å². The second kappa shape index (κ2) is 11.1. The fraction of sp³-hybridized carbons (Fsp3) is 0.593. The fourth-order valence-corrected chi connectivity index (χ4v) is 6.03. The Hall–Kier alpha value is -2.92. The maximum atomic E-state index is 14.1. The molecule has 8 nitrogen and oxygen atoms in total. The second-order valence-corrected chi connectivity index (χ2v) is 10.5. The van der Waals surface area contributed by atoms with Gasteiger partial charge in [0.1, 0.15) is 18.3 Å². The molecule has 2 saturated heterocycles. The van der Waals surface area contributed by atoms with Gasteiger partial charge in [-0.3, -0.25) is 9.47 Å². The van der Waals surface area contributed by atoms with Crippen LogP contribution in [0.2, 0.25) is 0 Å². The van der Waals surface area contributed by atoms with E-state index in [2.05, 4.69) is 20.1 Å². The van der Waals surface area contributed by atoms with Gasteiger partial charge < -0.3 is 15.0 Å². The van der Waals surface area contributed by atoms with Crippen molar-refractivity contribution in [2.45, 2.75) is 50.6 Å². The van der Waals surface area contributed by atoms with Crippen molar-refractivity contribution in [3.8, 4) is 5.82 Å². The van der Waals surface area contributed by atoms with Gasteiger partial charge in [0.05, 0.1) is 24.2 Å². The quantitative estimate of drug-likeness (QED) is 0.457. The number of nitrogens with zero attached hydrogens (tertiary/aromatic N) is 6. The predicted octanol–water partition coefficient (Wildman–Crippen LogP) is 4.60. The van der Waals surface area contributed by atoms with E-state index in [0.29, 0.717) is 73.4 Å². The minimum atomic E-state index is -2.75. The van der Waals surface area contributed by atoms with E-state index in [1.807, 2.05) is 6.07 Å². The first-order chi connectivity index (χ1) is 18.6. The average Bonchev–Trinajstić information content (AvgIpc) is 3.33. The Morgan fingerprint density at radius 3 is 2.42 bits per heavy atom. The van der Waals surface area contributed by atoms with Gasteiger partial charge in [-0.1, -0.05) is 12.1 Å². The Kier molecular flexibility index (Phi) is 7.38. The maximum absolute atomic E-state index is 14.1. The van der Waals surface area contributed by atoms with Crippen LogP contribution in [0.1, 0.15) is 44.4 Å². The Bertz CT molecular complexity index is 1240. The molecule has 11 heteroatoms. The monoisotopic (exact) mass is 529 g/mol. The second-order valence-electron chi connectivity index (χ2n) is 10.5. The van der Waals surface area contributed by atoms with Crippen molar-refractivity contribution in [3.05, 3.63) is 36.2 Å². The molecule has 3 fully saturated rings. The van der Waals surface area contributed by atoms with E-state index in [1.165, 1.54) is 4.57 Å². The van der Waals surface area contributed by atoms with Gasteiger partial charge >= 0.3 is 0 Å². The zero-order valence-electron chi connectivity index (χ0n) is 21.4. The van der Waals surface area contributed by atoms with Gasteiger partial charge in [0, 0.05) is 44.3 Å². The lowest BCUT2D eigenvalue weighted by Crippen LogP contribution is -2.55. The summed E-state index contributed by atoms with van der Waals surface area (Å²) in [4.78, 5) is 18.1. The standard InChI is InChI=1S/C27H34F3N7O/c28-16-20-9-10-36(20)19-7-5-18(6-8-19)17-31-27-33-23(35-11-13-38-14-12-35)15-24(34-27)37-22-4-2-1-3-21(22)32-26(37)25(29)30/h1-4,15,18-20,25H,5-14,16-17H2,(H,31,33,34)/t18-,19-,20-/m0/s1. The number of ether oxygens (including phenoxy) is 1. The van der Waals surface area contributed by atoms with Crippen LogP contribution in [0.4, 0.5) is 24.9 Å². The number of benzene rings is 1. The Morgan fingerprint density at radius 2 is 1.71 bits per heavy atom. The van der Waals surface area contributed by atoms with E-state index in [9.17, 15) is 13.2 Å². The molecule has 1 atom stereocenters. The summed E-state index contributed by atoms with van der Waals surface area (Å²) in [6.45, 7) is 3.98. The van der Waals surface area contributed by atoms with Crippen LogP contribution in [-0.4, -0.2) is 82.6 Å². The van der Waals surface area contributed by atoms with Crippen molar-refractivity contribution in [3.63, 3.8) is 0 Å². The van der Waals surface area contributed by atoms with Gasteiger partial charge in [-0.15, -0.1) is 0 Å². The van der Waals surface area contributed by atoms with Gasteiger partial charge in [0.15, 0.2) is 5.82 Å². The molecule has 4 heterocycles. The lowest BCUT2D eigenvalue weighted by atomic mass is 9.83. The zero-order valence-corrected chi connectivity index (χ0v) is 21.4. The summed E-state index contributed by atoms with van der Waals surface area (Å²) in [6, 6.07) is 9.46. The number of nitrogens with one attached hydrogen (secondary N) is 1. The Labute approximate surface area is 220 Å². The molecule has 204 valence electrons. The Morgan fingerprint density at radius 1 is 0.947 bits per heavy atom. The minimum Gasteiger partial charge on any atom is -0.378 e. The largest absolute Gasteiger partial charge is 0.378 e. The molecule has 1 aromatic carbocycles. The van der Waals surface area contributed by atoms with Gasteiger partial charge in [-0.25, -0.2) is 18.2 Å². The van der Waals surface area contributed by atoms with Crippen molar-refractivity contribution >= 4 is 22.8 Å². The SMILES string of the molecule is FC[C@@H]1CCN1[C@H]1CC[C@H](CNc2nc(N3CCOCC3)cc(-n3c(C(F)F)nc4ccccc43)n2)CC1. The molecule has 0 unspecified atom stereocenters. The van der Waals surface area contributed by atoms with E-state index in [1.54, 1.807) is 24.3 Å². The number of halogens is 3. The summed E-state index contributed by atoms with van der Waals surface area (Å²) in [7, 11) is 0. The van der Waals surface area contributed by atoms with Crippen molar-refractivity contribution in [2.24, 2.45) is 5.92 Å². The Balaban J connectivity index is 1.24. The van der Waals surface area contributed by atoms with Crippen molar-refractivity contribution in [1.29, 1.82) is 0 Å². The zero-order chi connectivity index (χ0) is 26.1. The number of imidazole rings is 1. The molecule has 1 saturated carbocycles. The third-order valence-corrected chi connectivity index (χ3v) is 8.25. The summed E-state index contributed by atoms with van der Waals surface area (Å²) < 4.78 is 48.2. The molecule has 0 spiro atoms. The van der Waals surface area contributed by atoms with Crippen molar-refractivity contribution < 1.29 is 17.9 Å². The van der Waals surface area contributed by atoms with E-state index in [-0.39, 0.29) is 18.5 Å². The number of hydrogen-bond donors (Lipinski definition) is 1. The number of aromatic nitrogens is 4. The van der Waals surface area contributed by atoms with Crippen LogP contribution in [-0.2, 0) is 4.74 Å². The number of rotatable bonds is 8. The minimum absolute atomic E-state index is 0.113. The van der Waals surface area contributed by atoms with Crippen LogP contribution in [0.5, 0.6) is 0 Å². The molecule has 1 aliphatic carbocycles. The molecular formula is C27H34F3N7O. The van der Waals surface area contributed by atoms with Crippen LogP contribution in [0.25, 0.3) is 16.9 Å². The molecule has 2 aromatic heterocycles. The van der Waals surface area contributed by atoms with Crippen LogP contribution in [0, 0.1) is 5.92 Å². The first kappa shape index (κ1) is 25.4. The molecule has 6 rings (SSSR count). The number of morpholine rings is 1. The lowest BCUT2D eigenvalue weighted by molar-refractivity contribution is 0.00532.